The molecular weight excluding hydrogens is 282 g/mol. The van der Waals surface area contributed by atoms with Gasteiger partial charge in [0.15, 0.2) is 0 Å². The second-order valence-corrected chi connectivity index (χ2v) is 7.04. The Kier molecular flexibility index (Phi) is 3.85. The van der Waals surface area contributed by atoms with Crippen molar-refractivity contribution in [2.75, 3.05) is 0 Å². The third kappa shape index (κ3) is 3.37. The maximum absolute atomic E-state index is 6.19. The average molecular weight is 305 g/mol. The molecule has 2 nitrogen and oxygen atoms in total. The first-order valence-corrected chi connectivity index (χ1v) is 8.00. The van der Waals surface area contributed by atoms with Gasteiger partial charge in [0, 0.05) is 17.0 Å². The van der Waals surface area contributed by atoms with Gasteiger partial charge in [-0.05, 0) is 63.9 Å². The van der Waals surface area contributed by atoms with Crippen LogP contribution in [0.2, 0.25) is 0 Å². The van der Waals surface area contributed by atoms with Gasteiger partial charge in [0.1, 0.15) is 11.4 Å². The van der Waals surface area contributed by atoms with E-state index >= 15 is 0 Å². The third-order valence-electron chi connectivity index (χ3n) is 3.90. The van der Waals surface area contributed by atoms with Crippen molar-refractivity contribution < 1.29 is 4.74 Å². The van der Waals surface area contributed by atoms with Crippen molar-refractivity contribution in [3.63, 3.8) is 0 Å². The fraction of sp³-hybridized carbons (Fsp3) is 0.286. The summed E-state index contributed by atoms with van der Waals surface area (Å²) in [6, 6.07) is 16.6. The maximum Gasteiger partial charge on any atom is 0.131 e. The first-order chi connectivity index (χ1) is 10.8. The van der Waals surface area contributed by atoms with Crippen LogP contribution < -0.4 is 4.74 Å². The number of ether oxygens (including phenoxy) is 1. The smallest absolute Gasteiger partial charge is 0.131 e. The maximum atomic E-state index is 6.19. The summed E-state index contributed by atoms with van der Waals surface area (Å²) in [6.45, 7) is 10.5. The molecule has 0 aliphatic carbocycles. The highest BCUT2D eigenvalue weighted by molar-refractivity contribution is 5.88. The van der Waals surface area contributed by atoms with Crippen LogP contribution in [0.5, 0.6) is 5.75 Å². The Morgan fingerprint density at radius 1 is 0.870 bits per heavy atom. The number of hydrogen-bond acceptors (Lipinski definition) is 2. The van der Waals surface area contributed by atoms with Crippen molar-refractivity contribution in [1.29, 1.82) is 0 Å². The summed E-state index contributed by atoms with van der Waals surface area (Å²) in [5, 5.41) is 1.05. The number of nitrogens with zero attached hydrogens (tertiary/aromatic N) is 1. The zero-order chi connectivity index (χ0) is 16.6. The Hall–Kier alpha value is -2.35. The minimum atomic E-state index is -0.245. The molecule has 0 aliphatic rings. The minimum Gasteiger partial charge on any atom is -0.487 e. The zero-order valence-corrected chi connectivity index (χ0v) is 14.5. The molecule has 2 aromatic carbocycles. The number of rotatable bonds is 2. The lowest BCUT2D eigenvalue weighted by molar-refractivity contribution is 0.133. The van der Waals surface area contributed by atoms with Crippen LogP contribution in [0.4, 0.5) is 0 Å². The Morgan fingerprint density at radius 2 is 1.61 bits per heavy atom. The Balaban J connectivity index is 2.19. The van der Waals surface area contributed by atoms with E-state index in [1.54, 1.807) is 0 Å². The highest BCUT2D eigenvalue weighted by Crippen LogP contribution is 2.32. The van der Waals surface area contributed by atoms with Crippen molar-refractivity contribution >= 4 is 10.9 Å². The molecule has 0 unspecified atom stereocenters. The molecule has 1 heterocycles. The Morgan fingerprint density at radius 3 is 2.30 bits per heavy atom. The summed E-state index contributed by atoms with van der Waals surface area (Å²) in [5.74, 6) is 0.885. The summed E-state index contributed by atoms with van der Waals surface area (Å²) >= 11 is 0. The van der Waals surface area contributed by atoms with E-state index in [0.29, 0.717) is 0 Å². The standard InChI is InChI=1S/C21H23NO/c1-14-10-11-16(12-15(14)2)19-13-20(23-21(3,4)5)17-8-6-7-9-18(17)22-19/h6-13H,1-5H3. The van der Waals surface area contributed by atoms with Crippen molar-refractivity contribution in [2.24, 2.45) is 0 Å². The largest absolute Gasteiger partial charge is 0.487 e. The summed E-state index contributed by atoms with van der Waals surface area (Å²) < 4.78 is 6.19. The van der Waals surface area contributed by atoms with Gasteiger partial charge >= 0.3 is 0 Å². The molecule has 2 heteroatoms. The highest BCUT2D eigenvalue weighted by Gasteiger charge is 2.16. The van der Waals surface area contributed by atoms with Crippen molar-refractivity contribution in [3.8, 4) is 17.0 Å². The van der Waals surface area contributed by atoms with Crippen LogP contribution in [0, 0.1) is 13.8 Å². The number of benzene rings is 2. The summed E-state index contributed by atoms with van der Waals surface area (Å²) in [7, 11) is 0. The lowest BCUT2D eigenvalue weighted by Gasteiger charge is -2.23. The van der Waals surface area contributed by atoms with Crippen LogP contribution in [0.3, 0.4) is 0 Å². The highest BCUT2D eigenvalue weighted by atomic mass is 16.5. The first-order valence-electron chi connectivity index (χ1n) is 8.00. The Bertz CT molecular complexity index is 859. The molecule has 0 spiro atoms. The lowest BCUT2D eigenvalue weighted by Crippen LogP contribution is -2.23. The summed E-state index contributed by atoms with van der Waals surface area (Å²) in [6.07, 6.45) is 0. The van der Waals surface area contributed by atoms with Crippen molar-refractivity contribution in [3.05, 3.63) is 59.7 Å². The van der Waals surface area contributed by atoms with Crippen LogP contribution >= 0.6 is 0 Å². The number of pyridine rings is 1. The first kappa shape index (κ1) is 15.5. The molecule has 0 amide bonds. The number of hydrogen-bond donors (Lipinski definition) is 0. The predicted octanol–water partition coefficient (Wildman–Crippen LogP) is 5.70. The van der Waals surface area contributed by atoms with Gasteiger partial charge in [0.05, 0.1) is 11.2 Å². The molecule has 1 aromatic heterocycles. The van der Waals surface area contributed by atoms with Gasteiger partial charge in [-0.15, -0.1) is 0 Å². The second kappa shape index (κ2) is 5.69. The van der Waals surface area contributed by atoms with Crippen LogP contribution in [-0.4, -0.2) is 10.6 Å². The molecule has 3 rings (SSSR count). The molecule has 23 heavy (non-hydrogen) atoms. The number of fused-ring (bicyclic) bond motifs is 1. The molecule has 0 atom stereocenters. The van der Waals surface area contributed by atoms with Gasteiger partial charge < -0.3 is 4.74 Å². The van der Waals surface area contributed by atoms with Gasteiger partial charge in [-0.1, -0.05) is 24.3 Å². The van der Waals surface area contributed by atoms with E-state index in [2.05, 4.69) is 65.0 Å². The second-order valence-electron chi connectivity index (χ2n) is 7.04. The van der Waals surface area contributed by atoms with E-state index < -0.39 is 0 Å². The van der Waals surface area contributed by atoms with Crippen LogP contribution in [0.1, 0.15) is 31.9 Å². The number of aromatic nitrogens is 1. The fourth-order valence-corrected chi connectivity index (χ4v) is 2.61. The topological polar surface area (TPSA) is 22.1 Å². The van der Waals surface area contributed by atoms with E-state index in [-0.39, 0.29) is 5.60 Å². The number of aryl methyl sites for hydroxylation is 2. The third-order valence-corrected chi connectivity index (χ3v) is 3.90. The SMILES string of the molecule is Cc1ccc(-c2cc(OC(C)(C)C)c3ccccc3n2)cc1C. The van der Waals surface area contributed by atoms with Gasteiger partial charge in [0.2, 0.25) is 0 Å². The molecular formula is C21H23NO. The van der Waals surface area contributed by atoms with E-state index in [1.165, 1.54) is 11.1 Å². The number of para-hydroxylation sites is 1. The molecule has 0 radical (unpaired) electrons. The van der Waals surface area contributed by atoms with Crippen LogP contribution in [0.25, 0.3) is 22.2 Å². The van der Waals surface area contributed by atoms with Gasteiger partial charge in [-0.2, -0.15) is 0 Å². The van der Waals surface area contributed by atoms with Crippen molar-refractivity contribution in [2.45, 2.75) is 40.2 Å². The minimum absolute atomic E-state index is 0.245. The zero-order valence-electron chi connectivity index (χ0n) is 14.5. The van der Waals surface area contributed by atoms with Gasteiger partial charge in [-0.3, -0.25) is 0 Å². The quantitative estimate of drug-likeness (QED) is 0.606. The van der Waals surface area contributed by atoms with Gasteiger partial charge in [-0.25, -0.2) is 4.98 Å². The van der Waals surface area contributed by atoms with Crippen LogP contribution in [-0.2, 0) is 0 Å². The van der Waals surface area contributed by atoms with Gasteiger partial charge in [0.25, 0.3) is 0 Å². The normalized spacial score (nSPS) is 11.7. The lowest BCUT2D eigenvalue weighted by atomic mass is 10.0. The molecule has 0 aliphatic heterocycles. The molecule has 3 aromatic rings. The predicted molar refractivity (Wildman–Crippen MR) is 97.0 cm³/mol. The van der Waals surface area contributed by atoms with E-state index in [1.807, 2.05) is 18.2 Å². The molecule has 0 saturated carbocycles. The summed E-state index contributed by atoms with van der Waals surface area (Å²) in [5.41, 5.74) is 5.35. The fourth-order valence-electron chi connectivity index (χ4n) is 2.61. The average Bonchev–Trinajstić information content (AvgIpc) is 2.48. The molecule has 0 N–H and O–H groups in total. The van der Waals surface area contributed by atoms with E-state index in [9.17, 15) is 0 Å². The molecule has 118 valence electrons. The monoisotopic (exact) mass is 305 g/mol. The molecule has 0 bridgehead atoms. The van der Waals surface area contributed by atoms with E-state index in [0.717, 1.165) is 27.9 Å². The van der Waals surface area contributed by atoms with Crippen LogP contribution in [0.15, 0.2) is 48.5 Å². The molecule has 0 fully saturated rings. The summed E-state index contributed by atoms with van der Waals surface area (Å²) in [4.78, 5) is 4.83. The Labute approximate surface area is 138 Å². The van der Waals surface area contributed by atoms with E-state index in [4.69, 9.17) is 9.72 Å². The molecule has 0 saturated heterocycles. The van der Waals surface area contributed by atoms with Crippen molar-refractivity contribution in [1.82, 2.24) is 4.98 Å².